The average Bonchev–Trinajstić information content (AvgIpc) is 2.37. The van der Waals surface area contributed by atoms with Gasteiger partial charge in [-0.2, -0.15) is 0 Å². The van der Waals surface area contributed by atoms with Crippen molar-refractivity contribution < 1.29 is 9.53 Å². The van der Waals surface area contributed by atoms with Crippen molar-refractivity contribution in [2.45, 2.75) is 19.4 Å². The number of benzene rings is 1. The molecule has 92 valence electrons. The van der Waals surface area contributed by atoms with Crippen molar-refractivity contribution in [2.75, 3.05) is 20.1 Å². The molecule has 0 unspecified atom stereocenters. The topological polar surface area (TPSA) is 29.5 Å². The van der Waals surface area contributed by atoms with Crippen molar-refractivity contribution in [3.63, 3.8) is 0 Å². The monoisotopic (exact) mass is 233 g/mol. The van der Waals surface area contributed by atoms with E-state index < -0.39 is 0 Å². The minimum atomic E-state index is -0.0552. The number of nitrogens with zero attached hydrogens (tertiary/aromatic N) is 1. The van der Waals surface area contributed by atoms with E-state index in [2.05, 4.69) is 11.9 Å². The number of carbonyl (C=O) groups is 1. The van der Waals surface area contributed by atoms with Crippen molar-refractivity contribution in [1.29, 1.82) is 0 Å². The van der Waals surface area contributed by atoms with Crippen molar-refractivity contribution in [1.82, 2.24) is 4.90 Å². The standard InChI is InChI=1S/C14H19NO2/c1-15-9-5-8-13(10-15)14(16)17-11-12-6-3-2-4-7-12/h2-4,6-7,13H,5,8-11H2,1H3/t13-/m1/s1. The number of esters is 1. The van der Waals surface area contributed by atoms with E-state index in [1.54, 1.807) is 0 Å². The SMILES string of the molecule is CN1CCC[C@@H](C(=O)OCc2ccccc2)C1. The highest BCUT2D eigenvalue weighted by Crippen LogP contribution is 2.17. The van der Waals surface area contributed by atoms with Gasteiger partial charge < -0.3 is 9.64 Å². The first-order valence-corrected chi connectivity index (χ1v) is 6.15. The predicted octanol–water partition coefficient (Wildman–Crippen LogP) is 2.07. The van der Waals surface area contributed by atoms with Gasteiger partial charge in [0.1, 0.15) is 6.61 Å². The van der Waals surface area contributed by atoms with Crippen LogP contribution in [0.5, 0.6) is 0 Å². The van der Waals surface area contributed by atoms with Crippen LogP contribution >= 0.6 is 0 Å². The van der Waals surface area contributed by atoms with Crippen molar-refractivity contribution in [3.8, 4) is 0 Å². The maximum Gasteiger partial charge on any atom is 0.310 e. The maximum atomic E-state index is 11.9. The van der Waals surface area contributed by atoms with Gasteiger partial charge in [0.25, 0.3) is 0 Å². The van der Waals surface area contributed by atoms with Crippen LogP contribution in [0.2, 0.25) is 0 Å². The molecule has 1 aliphatic rings. The molecule has 0 spiro atoms. The van der Waals surface area contributed by atoms with Gasteiger partial charge in [-0.1, -0.05) is 30.3 Å². The second kappa shape index (κ2) is 5.82. The Labute approximate surface area is 102 Å². The van der Waals surface area contributed by atoms with Crippen LogP contribution in [0.15, 0.2) is 30.3 Å². The van der Waals surface area contributed by atoms with Gasteiger partial charge in [-0.15, -0.1) is 0 Å². The summed E-state index contributed by atoms with van der Waals surface area (Å²) in [5, 5.41) is 0. The molecule has 1 aromatic carbocycles. The molecule has 1 fully saturated rings. The normalized spacial score (nSPS) is 21.1. The first kappa shape index (κ1) is 12.1. The van der Waals surface area contributed by atoms with Crippen LogP contribution in [-0.2, 0) is 16.1 Å². The highest BCUT2D eigenvalue weighted by Gasteiger charge is 2.24. The van der Waals surface area contributed by atoms with Crippen LogP contribution in [0.3, 0.4) is 0 Å². The quantitative estimate of drug-likeness (QED) is 0.749. The Morgan fingerprint density at radius 3 is 2.88 bits per heavy atom. The van der Waals surface area contributed by atoms with Gasteiger partial charge >= 0.3 is 5.97 Å². The Hall–Kier alpha value is -1.35. The number of piperidine rings is 1. The highest BCUT2D eigenvalue weighted by atomic mass is 16.5. The highest BCUT2D eigenvalue weighted by molar-refractivity contribution is 5.72. The Morgan fingerprint density at radius 2 is 2.18 bits per heavy atom. The molecule has 3 heteroatoms. The molecule has 1 saturated heterocycles. The molecule has 17 heavy (non-hydrogen) atoms. The Bertz CT molecular complexity index is 364. The van der Waals surface area contributed by atoms with Gasteiger partial charge in [0, 0.05) is 6.54 Å². The van der Waals surface area contributed by atoms with Crippen LogP contribution in [-0.4, -0.2) is 31.0 Å². The molecule has 0 radical (unpaired) electrons. The number of likely N-dealkylation sites (tertiary alicyclic amines) is 1. The summed E-state index contributed by atoms with van der Waals surface area (Å²) in [5.74, 6) is -0.00198. The molecule has 1 atom stereocenters. The summed E-state index contributed by atoms with van der Waals surface area (Å²) in [7, 11) is 2.05. The fourth-order valence-electron chi connectivity index (χ4n) is 2.21. The second-order valence-corrected chi connectivity index (χ2v) is 4.69. The minimum Gasteiger partial charge on any atom is -0.461 e. The third-order valence-corrected chi connectivity index (χ3v) is 3.18. The summed E-state index contributed by atoms with van der Waals surface area (Å²) < 4.78 is 5.35. The molecule has 0 aliphatic carbocycles. The number of hydrogen-bond donors (Lipinski definition) is 0. The molecule has 2 rings (SSSR count). The van der Waals surface area contributed by atoms with Gasteiger partial charge in [0.05, 0.1) is 5.92 Å². The van der Waals surface area contributed by atoms with Gasteiger partial charge in [0.2, 0.25) is 0 Å². The van der Waals surface area contributed by atoms with Crippen LogP contribution < -0.4 is 0 Å². The number of rotatable bonds is 3. The Balaban J connectivity index is 1.81. The molecule has 1 aliphatic heterocycles. The van der Waals surface area contributed by atoms with Gasteiger partial charge in [-0.3, -0.25) is 4.79 Å². The van der Waals surface area contributed by atoms with Gasteiger partial charge in [0.15, 0.2) is 0 Å². The van der Waals surface area contributed by atoms with E-state index >= 15 is 0 Å². The lowest BCUT2D eigenvalue weighted by Crippen LogP contribution is -2.36. The average molecular weight is 233 g/mol. The van der Waals surface area contributed by atoms with Crippen LogP contribution in [0.4, 0.5) is 0 Å². The van der Waals surface area contributed by atoms with Crippen LogP contribution in [0, 0.1) is 5.92 Å². The fraction of sp³-hybridized carbons (Fsp3) is 0.500. The summed E-state index contributed by atoms with van der Waals surface area (Å²) in [5.41, 5.74) is 1.05. The van der Waals surface area contributed by atoms with E-state index in [1.807, 2.05) is 30.3 Å². The van der Waals surface area contributed by atoms with Gasteiger partial charge in [-0.05, 0) is 32.0 Å². The largest absolute Gasteiger partial charge is 0.461 e. The number of ether oxygens (including phenoxy) is 1. The van der Waals surface area contributed by atoms with E-state index in [0.29, 0.717) is 6.61 Å². The molecule has 1 heterocycles. The third kappa shape index (κ3) is 3.56. The number of carbonyl (C=O) groups excluding carboxylic acids is 1. The molecule has 0 amide bonds. The minimum absolute atomic E-state index is 0.0532. The second-order valence-electron chi connectivity index (χ2n) is 4.69. The summed E-state index contributed by atoms with van der Waals surface area (Å²) in [6.07, 6.45) is 2.04. The molecule has 3 nitrogen and oxygen atoms in total. The van der Waals surface area contributed by atoms with Gasteiger partial charge in [-0.25, -0.2) is 0 Å². The maximum absolute atomic E-state index is 11.9. The zero-order chi connectivity index (χ0) is 12.1. The molecule has 0 saturated carbocycles. The molecule has 0 bridgehead atoms. The van der Waals surface area contributed by atoms with E-state index in [1.165, 1.54) is 0 Å². The summed E-state index contributed by atoms with van der Waals surface area (Å²) in [6.45, 7) is 2.30. The lowest BCUT2D eigenvalue weighted by atomic mass is 9.99. The van der Waals surface area contributed by atoms with E-state index in [4.69, 9.17) is 4.74 Å². The first-order valence-electron chi connectivity index (χ1n) is 6.15. The van der Waals surface area contributed by atoms with Crippen molar-refractivity contribution in [3.05, 3.63) is 35.9 Å². The summed E-state index contributed by atoms with van der Waals surface area (Å²) in [4.78, 5) is 14.1. The Kier molecular flexibility index (Phi) is 4.15. The van der Waals surface area contributed by atoms with Crippen LogP contribution in [0.1, 0.15) is 18.4 Å². The zero-order valence-corrected chi connectivity index (χ0v) is 10.3. The smallest absolute Gasteiger partial charge is 0.310 e. The lowest BCUT2D eigenvalue weighted by Gasteiger charge is -2.28. The van der Waals surface area contributed by atoms with E-state index in [0.717, 1.165) is 31.5 Å². The van der Waals surface area contributed by atoms with Crippen molar-refractivity contribution >= 4 is 5.97 Å². The third-order valence-electron chi connectivity index (χ3n) is 3.18. The van der Waals surface area contributed by atoms with E-state index in [9.17, 15) is 4.79 Å². The number of hydrogen-bond acceptors (Lipinski definition) is 3. The molecular weight excluding hydrogens is 214 g/mol. The first-order chi connectivity index (χ1) is 8.25. The molecule has 0 N–H and O–H groups in total. The predicted molar refractivity (Wildman–Crippen MR) is 66.5 cm³/mol. The molecular formula is C14H19NO2. The van der Waals surface area contributed by atoms with Crippen LogP contribution in [0.25, 0.3) is 0 Å². The fourth-order valence-corrected chi connectivity index (χ4v) is 2.21. The molecule has 1 aromatic rings. The lowest BCUT2D eigenvalue weighted by molar-refractivity contribution is -0.151. The summed E-state index contributed by atoms with van der Waals surface area (Å²) >= 11 is 0. The molecule has 0 aromatic heterocycles. The van der Waals surface area contributed by atoms with E-state index in [-0.39, 0.29) is 11.9 Å². The zero-order valence-electron chi connectivity index (χ0n) is 10.3. The summed E-state index contributed by atoms with van der Waals surface area (Å²) in [6, 6.07) is 9.82. The Morgan fingerprint density at radius 1 is 1.41 bits per heavy atom. The van der Waals surface area contributed by atoms with Crippen molar-refractivity contribution in [2.24, 2.45) is 5.92 Å².